The number of aliphatic carboxylic acids is 1. The zero-order valence-electron chi connectivity index (χ0n) is 18.1. The van der Waals surface area contributed by atoms with Gasteiger partial charge in [-0.15, -0.1) is 0 Å². The summed E-state index contributed by atoms with van der Waals surface area (Å²) in [6, 6.07) is 0. The van der Waals surface area contributed by atoms with Crippen LogP contribution in [0.2, 0.25) is 0 Å². The molecule has 2 fully saturated rings. The number of carbonyl (C=O) groups excluding carboxylic acids is 4. The van der Waals surface area contributed by atoms with Gasteiger partial charge in [-0.1, -0.05) is 0 Å². The fourth-order valence-electron chi connectivity index (χ4n) is 4.16. The maximum absolute atomic E-state index is 12.1. The lowest BCUT2D eigenvalue weighted by molar-refractivity contribution is -0.171. The number of esters is 2. The van der Waals surface area contributed by atoms with E-state index in [9.17, 15) is 34.2 Å². The molecule has 32 heavy (non-hydrogen) atoms. The first-order valence-electron chi connectivity index (χ1n) is 11.1. The number of Topliss-reactive ketones (excluding diaryl/α,β-unsaturated/α-hetero) is 2. The van der Waals surface area contributed by atoms with E-state index >= 15 is 0 Å². The molecule has 2 rings (SSSR count). The van der Waals surface area contributed by atoms with Crippen molar-refractivity contribution in [2.24, 2.45) is 0 Å². The summed E-state index contributed by atoms with van der Waals surface area (Å²) in [7, 11) is 0. The van der Waals surface area contributed by atoms with E-state index in [1.807, 2.05) is 0 Å². The summed E-state index contributed by atoms with van der Waals surface area (Å²) >= 11 is 0. The topological polar surface area (TPSA) is 164 Å². The van der Waals surface area contributed by atoms with Crippen molar-refractivity contribution in [3.8, 4) is 0 Å². The van der Waals surface area contributed by atoms with E-state index in [4.69, 9.17) is 14.6 Å². The molecule has 0 spiro atoms. The molecule has 180 valence electrons. The average Bonchev–Trinajstić information content (AvgIpc) is 2.67. The Morgan fingerprint density at radius 1 is 0.906 bits per heavy atom. The highest BCUT2D eigenvalue weighted by molar-refractivity contribution is 5.86. The fourth-order valence-corrected chi connectivity index (χ4v) is 4.16. The van der Waals surface area contributed by atoms with E-state index in [1.54, 1.807) is 0 Å². The van der Waals surface area contributed by atoms with Gasteiger partial charge in [-0.05, 0) is 25.7 Å². The molecule has 3 N–H and O–H groups in total. The van der Waals surface area contributed by atoms with Crippen molar-refractivity contribution in [1.82, 2.24) is 0 Å². The molecule has 2 aliphatic heterocycles. The molecule has 0 aromatic heterocycles. The molecule has 0 aromatic rings. The third-order valence-corrected chi connectivity index (χ3v) is 5.82. The van der Waals surface area contributed by atoms with Gasteiger partial charge >= 0.3 is 17.9 Å². The van der Waals surface area contributed by atoms with Crippen molar-refractivity contribution in [2.75, 3.05) is 0 Å². The minimum Gasteiger partial charge on any atom is -0.481 e. The number of aliphatic hydroxyl groups is 2. The lowest BCUT2D eigenvalue weighted by atomic mass is 9.84. The monoisotopic (exact) mass is 456 g/mol. The van der Waals surface area contributed by atoms with Crippen LogP contribution in [0.1, 0.15) is 83.5 Å². The van der Waals surface area contributed by atoms with E-state index < -0.39 is 41.8 Å². The van der Waals surface area contributed by atoms with Gasteiger partial charge in [0.2, 0.25) is 0 Å². The van der Waals surface area contributed by atoms with E-state index in [0.29, 0.717) is 12.8 Å². The van der Waals surface area contributed by atoms with Gasteiger partial charge in [-0.25, -0.2) is 0 Å². The van der Waals surface area contributed by atoms with Crippen LogP contribution in [-0.2, 0) is 33.4 Å². The van der Waals surface area contributed by atoms with Crippen LogP contribution in [0.15, 0.2) is 0 Å². The predicted molar refractivity (Wildman–Crippen MR) is 108 cm³/mol. The highest BCUT2D eigenvalue weighted by Crippen LogP contribution is 2.32. The molecule has 0 amide bonds. The van der Waals surface area contributed by atoms with E-state index in [2.05, 4.69) is 0 Å². The van der Waals surface area contributed by atoms with Crippen LogP contribution in [0.5, 0.6) is 0 Å². The second-order valence-corrected chi connectivity index (χ2v) is 8.82. The minimum absolute atomic E-state index is 0.0327. The van der Waals surface area contributed by atoms with E-state index in [1.165, 1.54) is 0 Å². The highest BCUT2D eigenvalue weighted by Gasteiger charge is 2.39. The first kappa shape index (κ1) is 25.9. The third kappa shape index (κ3) is 9.44. The maximum atomic E-state index is 12.1. The molecule has 4 atom stereocenters. The molecule has 2 heterocycles. The Balaban J connectivity index is 1.66. The fraction of sp³-hybridized carbons (Fsp3) is 0.773. The lowest BCUT2D eigenvalue weighted by Crippen LogP contribution is -2.43. The Morgan fingerprint density at radius 2 is 1.50 bits per heavy atom. The first-order valence-corrected chi connectivity index (χ1v) is 11.1. The Labute approximate surface area is 186 Å². The first-order chi connectivity index (χ1) is 15.0. The summed E-state index contributed by atoms with van der Waals surface area (Å²) < 4.78 is 10.3. The number of carbonyl (C=O) groups is 5. The van der Waals surface area contributed by atoms with Crippen molar-refractivity contribution in [2.45, 2.75) is 107 Å². The van der Waals surface area contributed by atoms with Crippen LogP contribution in [-0.4, -0.2) is 68.7 Å². The molecule has 0 saturated carbocycles. The standard InChI is InChI=1S/C22H32O10/c23-14(5-7-17-10-16(25)11-20(28)31-17)3-4-15(24)6-8-18-12-22(30,13-21(29)32-18)9-1-2-19(26)27/h16-18,25,30H,1-13H2,(H,26,27). The smallest absolute Gasteiger partial charge is 0.308 e. The number of carboxylic acids is 1. The molecular weight excluding hydrogens is 424 g/mol. The zero-order valence-corrected chi connectivity index (χ0v) is 18.1. The van der Waals surface area contributed by atoms with E-state index in [-0.39, 0.29) is 82.2 Å². The number of ether oxygens (including phenoxy) is 2. The summed E-state index contributed by atoms with van der Waals surface area (Å²) in [6.45, 7) is 0. The Morgan fingerprint density at radius 3 is 2.09 bits per heavy atom. The predicted octanol–water partition coefficient (Wildman–Crippen LogP) is 1.22. The molecule has 2 aliphatic rings. The van der Waals surface area contributed by atoms with Crippen LogP contribution < -0.4 is 0 Å². The highest BCUT2D eigenvalue weighted by atomic mass is 16.6. The van der Waals surface area contributed by atoms with Crippen molar-refractivity contribution < 1.29 is 48.8 Å². The summed E-state index contributed by atoms with van der Waals surface area (Å²) in [5.41, 5.74) is -1.33. The van der Waals surface area contributed by atoms with E-state index in [0.717, 1.165) is 0 Å². The van der Waals surface area contributed by atoms with Gasteiger partial charge in [0.25, 0.3) is 0 Å². The number of hydrogen-bond donors (Lipinski definition) is 3. The van der Waals surface area contributed by atoms with Crippen LogP contribution >= 0.6 is 0 Å². The summed E-state index contributed by atoms with van der Waals surface area (Å²) in [5, 5.41) is 28.9. The molecule has 4 unspecified atom stereocenters. The second kappa shape index (κ2) is 12.1. The Bertz CT molecular complexity index is 718. The van der Waals surface area contributed by atoms with Crippen LogP contribution in [0, 0.1) is 0 Å². The van der Waals surface area contributed by atoms with Gasteiger partial charge in [0.05, 0.1) is 24.5 Å². The van der Waals surface area contributed by atoms with Gasteiger partial charge in [-0.2, -0.15) is 0 Å². The van der Waals surface area contributed by atoms with Crippen molar-refractivity contribution >= 4 is 29.5 Å². The lowest BCUT2D eigenvalue weighted by Gasteiger charge is -2.36. The molecule has 10 nitrogen and oxygen atoms in total. The van der Waals surface area contributed by atoms with Gasteiger partial charge in [0, 0.05) is 44.9 Å². The number of hydrogen-bond acceptors (Lipinski definition) is 9. The van der Waals surface area contributed by atoms with Gasteiger partial charge in [-0.3, -0.25) is 24.0 Å². The molecule has 0 aromatic carbocycles. The number of aliphatic hydroxyl groups excluding tert-OH is 1. The van der Waals surface area contributed by atoms with Gasteiger partial charge in [0.1, 0.15) is 23.8 Å². The second-order valence-electron chi connectivity index (χ2n) is 8.82. The molecule has 0 radical (unpaired) electrons. The molecule has 10 heteroatoms. The van der Waals surface area contributed by atoms with Crippen molar-refractivity contribution in [3.63, 3.8) is 0 Å². The largest absolute Gasteiger partial charge is 0.481 e. The Kier molecular flexibility index (Phi) is 9.77. The normalized spacial score (nSPS) is 28.0. The molecule has 0 aliphatic carbocycles. The third-order valence-electron chi connectivity index (χ3n) is 5.82. The number of carboxylic acid groups (broad SMARTS) is 1. The van der Waals surface area contributed by atoms with Crippen LogP contribution in [0.3, 0.4) is 0 Å². The number of rotatable bonds is 13. The molecule has 2 saturated heterocycles. The summed E-state index contributed by atoms with van der Waals surface area (Å²) in [6.07, 6.45) is -0.410. The minimum atomic E-state index is -1.33. The Hall–Kier alpha value is -2.33. The molecular formula is C22H32O10. The summed E-state index contributed by atoms with van der Waals surface area (Å²) in [4.78, 5) is 57.9. The van der Waals surface area contributed by atoms with Gasteiger partial charge in [0.15, 0.2) is 0 Å². The van der Waals surface area contributed by atoms with Gasteiger partial charge < -0.3 is 24.8 Å². The number of cyclic esters (lactones) is 2. The summed E-state index contributed by atoms with van der Waals surface area (Å²) in [5.74, 6) is -2.31. The quantitative estimate of drug-likeness (QED) is 0.343. The van der Waals surface area contributed by atoms with Crippen LogP contribution in [0.4, 0.5) is 0 Å². The van der Waals surface area contributed by atoms with Crippen LogP contribution in [0.25, 0.3) is 0 Å². The molecule has 0 bridgehead atoms. The SMILES string of the molecule is O=C(O)CCCC1(O)CC(=O)OC(CCC(=O)CCC(=O)CCC2CC(O)CC(=O)O2)C1. The zero-order chi connectivity index (χ0) is 23.7. The maximum Gasteiger partial charge on any atom is 0.308 e. The van der Waals surface area contributed by atoms with Crippen molar-refractivity contribution in [3.05, 3.63) is 0 Å². The average molecular weight is 456 g/mol. The number of ketones is 2. The van der Waals surface area contributed by atoms with Crippen molar-refractivity contribution in [1.29, 1.82) is 0 Å².